The quantitative estimate of drug-likeness (QED) is 0.400. The minimum atomic E-state index is -0.118. The van der Waals surface area contributed by atoms with E-state index in [0.717, 1.165) is 27.0 Å². The van der Waals surface area contributed by atoms with Crippen LogP contribution in [0.5, 0.6) is 0 Å². The first-order chi connectivity index (χ1) is 15.3. The van der Waals surface area contributed by atoms with Gasteiger partial charge in [0.15, 0.2) is 10.2 Å². The third-order valence-corrected chi connectivity index (χ3v) is 6.41. The number of hydrogen-bond donors (Lipinski definition) is 1. The summed E-state index contributed by atoms with van der Waals surface area (Å²) in [7, 11) is 0. The highest BCUT2D eigenvalue weighted by Crippen LogP contribution is 2.41. The summed E-state index contributed by atoms with van der Waals surface area (Å²) in [4.78, 5) is 12.1. The summed E-state index contributed by atoms with van der Waals surface area (Å²) in [5, 5.41) is 4.98. The number of benzene rings is 1. The van der Waals surface area contributed by atoms with Gasteiger partial charge in [-0.3, -0.25) is 9.97 Å². The van der Waals surface area contributed by atoms with Crippen molar-refractivity contribution >= 4 is 29.1 Å². The van der Waals surface area contributed by atoms with E-state index in [1.165, 1.54) is 0 Å². The van der Waals surface area contributed by atoms with Crippen LogP contribution in [0.3, 0.4) is 0 Å². The molecular formula is C24H20N4OS2. The molecule has 5 rings (SSSR count). The molecule has 31 heavy (non-hydrogen) atoms. The van der Waals surface area contributed by atoms with Crippen LogP contribution in [0.2, 0.25) is 0 Å². The average Bonchev–Trinajstić information content (AvgIpc) is 3.40. The summed E-state index contributed by atoms with van der Waals surface area (Å²) in [6.45, 7) is 0.634. The molecule has 154 valence electrons. The minimum Gasteiger partial charge on any atom is -0.452 e. The molecule has 1 aliphatic rings. The smallest absolute Gasteiger partial charge is 0.170 e. The summed E-state index contributed by atoms with van der Waals surface area (Å²) in [6, 6.07) is 24.0. The highest BCUT2D eigenvalue weighted by Gasteiger charge is 2.41. The van der Waals surface area contributed by atoms with Gasteiger partial charge in [0.2, 0.25) is 0 Å². The van der Waals surface area contributed by atoms with Crippen molar-refractivity contribution in [2.24, 2.45) is 0 Å². The second kappa shape index (κ2) is 8.91. The lowest BCUT2D eigenvalue weighted by Crippen LogP contribution is -2.29. The molecular weight excluding hydrogens is 424 g/mol. The highest BCUT2D eigenvalue weighted by atomic mass is 32.2. The van der Waals surface area contributed by atoms with Crippen molar-refractivity contribution in [3.63, 3.8) is 0 Å². The molecule has 0 saturated carbocycles. The first-order valence-corrected chi connectivity index (χ1v) is 11.2. The summed E-state index contributed by atoms with van der Waals surface area (Å²) in [5.74, 6) is 0.852. The van der Waals surface area contributed by atoms with Gasteiger partial charge < -0.3 is 14.6 Å². The summed E-state index contributed by atoms with van der Waals surface area (Å²) >= 11 is 7.33. The zero-order valence-corrected chi connectivity index (χ0v) is 18.2. The number of rotatable bonds is 6. The molecule has 0 amide bonds. The van der Waals surface area contributed by atoms with E-state index in [2.05, 4.69) is 38.4 Å². The van der Waals surface area contributed by atoms with Gasteiger partial charge in [-0.25, -0.2) is 0 Å². The fraction of sp³-hybridized carbons (Fsp3) is 0.125. The molecule has 1 aliphatic heterocycles. The summed E-state index contributed by atoms with van der Waals surface area (Å²) in [5.41, 5.74) is 2.01. The second-order valence-electron chi connectivity index (χ2n) is 7.19. The van der Waals surface area contributed by atoms with Gasteiger partial charge in [0.1, 0.15) is 11.8 Å². The first kappa shape index (κ1) is 19.8. The third kappa shape index (κ3) is 4.33. The molecule has 4 heterocycles. The van der Waals surface area contributed by atoms with Gasteiger partial charge >= 0.3 is 0 Å². The maximum Gasteiger partial charge on any atom is 0.170 e. The Morgan fingerprint density at radius 3 is 2.61 bits per heavy atom. The zero-order chi connectivity index (χ0) is 21.0. The van der Waals surface area contributed by atoms with Crippen LogP contribution >= 0.6 is 24.0 Å². The topological polar surface area (TPSA) is 54.2 Å². The van der Waals surface area contributed by atoms with Gasteiger partial charge in [-0.05, 0) is 60.2 Å². The Kier molecular flexibility index (Phi) is 5.69. The number of pyridine rings is 2. The minimum absolute atomic E-state index is 0.105. The van der Waals surface area contributed by atoms with Gasteiger partial charge in [0, 0.05) is 30.0 Å². The van der Waals surface area contributed by atoms with Crippen LogP contribution in [0.4, 0.5) is 0 Å². The molecule has 4 aromatic rings. The van der Waals surface area contributed by atoms with Crippen LogP contribution < -0.4 is 5.32 Å². The van der Waals surface area contributed by atoms with Crippen LogP contribution in [0.25, 0.3) is 0 Å². The lowest BCUT2D eigenvalue weighted by atomic mass is 10.0. The van der Waals surface area contributed by atoms with E-state index in [-0.39, 0.29) is 12.1 Å². The molecule has 5 nitrogen and oxygen atoms in total. The molecule has 2 atom stereocenters. The highest BCUT2D eigenvalue weighted by molar-refractivity contribution is 7.99. The monoisotopic (exact) mass is 444 g/mol. The lowest BCUT2D eigenvalue weighted by Gasteiger charge is -2.26. The Hall–Kier alpha value is -3.16. The van der Waals surface area contributed by atoms with Gasteiger partial charge in [-0.2, -0.15) is 0 Å². The fourth-order valence-corrected chi connectivity index (χ4v) is 4.83. The van der Waals surface area contributed by atoms with E-state index in [9.17, 15) is 0 Å². The van der Waals surface area contributed by atoms with Crippen LogP contribution in [0.15, 0.2) is 106 Å². The van der Waals surface area contributed by atoms with Crippen molar-refractivity contribution in [2.75, 3.05) is 0 Å². The number of thiocarbonyl (C=S) groups is 1. The Morgan fingerprint density at radius 1 is 0.968 bits per heavy atom. The summed E-state index contributed by atoms with van der Waals surface area (Å²) in [6.07, 6.45) is 5.45. The average molecular weight is 445 g/mol. The van der Waals surface area contributed by atoms with Crippen LogP contribution in [-0.4, -0.2) is 20.0 Å². The molecule has 1 N–H and O–H groups in total. The number of hydrogen-bond acceptors (Lipinski definition) is 5. The van der Waals surface area contributed by atoms with Crippen LogP contribution in [0.1, 0.15) is 29.1 Å². The SMILES string of the molecule is S=C1N[C@H](c2ccccn2)[C@@H](c2ccc(Sc3ccccc3)o2)N1Cc1cccnc1. The number of furan rings is 1. The molecule has 1 fully saturated rings. The van der Waals surface area contributed by atoms with E-state index in [4.69, 9.17) is 16.6 Å². The van der Waals surface area contributed by atoms with Gasteiger partial charge in [-0.15, -0.1) is 0 Å². The van der Waals surface area contributed by atoms with Gasteiger partial charge in [0.25, 0.3) is 0 Å². The third-order valence-electron chi connectivity index (χ3n) is 5.13. The first-order valence-electron chi connectivity index (χ1n) is 9.97. The van der Waals surface area contributed by atoms with Crippen molar-refractivity contribution in [1.29, 1.82) is 0 Å². The van der Waals surface area contributed by atoms with Crippen molar-refractivity contribution < 1.29 is 4.42 Å². The number of aromatic nitrogens is 2. The molecule has 3 aromatic heterocycles. The Balaban J connectivity index is 1.48. The normalized spacial score (nSPS) is 18.2. The fourth-order valence-electron chi connectivity index (χ4n) is 3.73. The standard InChI is InChI=1S/C24H20N4OS2/c30-24-27-22(19-10-4-5-14-26-19)23(28(24)16-17-7-6-13-25-15-17)20-11-12-21(29-20)31-18-8-2-1-3-9-18/h1-15,22-23H,16H2,(H,27,30)/t22-,23-/m1/s1. The largest absolute Gasteiger partial charge is 0.452 e. The zero-order valence-electron chi connectivity index (χ0n) is 16.6. The van der Waals surface area contributed by atoms with Crippen molar-refractivity contribution in [2.45, 2.75) is 28.6 Å². The maximum absolute atomic E-state index is 6.32. The molecule has 0 unspecified atom stereocenters. The molecule has 7 heteroatoms. The predicted molar refractivity (Wildman–Crippen MR) is 125 cm³/mol. The van der Waals surface area contributed by atoms with E-state index in [0.29, 0.717) is 11.7 Å². The van der Waals surface area contributed by atoms with E-state index in [1.54, 1.807) is 24.2 Å². The maximum atomic E-state index is 6.32. The second-order valence-corrected chi connectivity index (χ2v) is 8.65. The number of nitrogens with one attached hydrogen (secondary N) is 1. The van der Waals surface area contributed by atoms with Crippen molar-refractivity contribution in [3.8, 4) is 0 Å². The van der Waals surface area contributed by atoms with E-state index >= 15 is 0 Å². The van der Waals surface area contributed by atoms with E-state index in [1.807, 2.05) is 60.8 Å². The Morgan fingerprint density at radius 2 is 1.84 bits per heavy atom. The van der Waals surface area contributed by atoms with Crippen molar-refractivity contribution in [3.05, 3.63) is 108 Å². The van der Waals surface area contributed by atoms with Crippen molar-refractivity contribution in [1.82, 2.24) is 20.2 Å². The van der Waals surface area contributed by atoms with Gasteiger partial charge in [-0.1, -0.05) is 42.1 Å². The molecule has 0 bridgehead atoms. The predicted octanol–water partition coefficient (Wildman–Crippen LogP) is 5.39. The molecule has 1 aromatic carbocycles. The Bertz CT molecular complexity index is 1150. The molecule has 0 spiro atoms. The number of nitrogens with zero attached hydrogens (tertiary/aromatic N) is 3. The van der Waals surface area contributed by atoms with Crippen LogP contribution in [-0.2, 0) is 6.54 Å². The molecule has 1 saturated heterocycles. The lowest BCUT2D eigenvalue weighted by molar-refractivity contribution is 0.254. The molecule has 0 radical (unpaired) electrons. The van der Waals surface area contributed by atoms with E-state index < -0.39 is 0 Å². The molecule has 0 aliphatic carbocycles. The van der Waals surface area contributed by atoms with Gasteiger partial charge in [0.05, 0.1) is 11.7 Å². The Labute approximate surface area is 190 Å². The van der Waals surface area contributed by atoms with Crippen LogP contribution in [0, 0.1) is 0 Å². The summed E-state index contributed by atoms with van der Waals surface area (Å²) < 4.78 is 6.32.